The Balaban J connectivity index is 2.11. The van der Waals surface area contributed by atoms with Crippen molar-refractivity contribution in [2.45, 2.75) is 50.5 Å². The second-order valence-electron chi connectivity index (χ2n) is 4.96. The van der Waals surface area contributed by atoms with Gasteiger partial charge in [-0.2, -0.15) is 0 Å². The van der Waals surface area contributed by atoms with Crippen molar-refractivity contribution in [1.29, 1.82) is 0 Å². The molecule has 0 aromatic carbocycles. The van der Waals surface area contributed by atoms with Crippen molar-refractivity contribution in [1.82, 2.24) is 0 Å². The predicted octanol–water partition coefficient (Wildman–Crippen LogP) is 2.66. The summed E-state index contributed by atoms with van der Waals surface area (Å²) >= 11 is 0. The quantitative estimate of drug-likeness (QED) is 0.723. The smallest absolute Gasteiger partial charge is 0.112 e. The molecule has 0 spiro atoms. The molecule has 2 nitrogen and oxygen atoms in total. The first kappa shape index (κ1) is 11.2. The van der Waals surface area contributed by atoms with Crippen LogP contribution in [0.4, 0.5) is 0 Å². The lowest BCUT2D eigenvalue weighted by Gasteiger charge is -2.30. The lowest BCUT2D eigenvalue weighted by molar-refractivity contribution is -0.0215. The molecule has 0 saturated heterocycles. The zero-order valence-electron chi connectivity index (χ0n) is 9.67. The molecular formula is C13H22O2. The summed E-state index contributed by atoms with van der Waals surface area (Å²) in [6.07, 6.45) is 10.6. The molecule has 0 bridgehead atoms. The summed E-state index contributed by atoms with van der Waals surface area (Å²) in [5, 5.41) is 10.7. The zero-order chi connectivity index (χ0) is 10.7. The normalized spacial score (nSPS) is 26.7. The van der Waals surface area contributed by atoms with E-state index in [1.807, 2.05) is 0 Å². The third-order valence-electron chi connectivity index (χ3n) is 3.71. The minimum atomic E-state index is -0.640. The summed E-state index contributed by atoms with van der Waals surface area (Å²) < 4.78 is 5.21. The predicted molar refractivity (Wildman–Crippen MR) is 60.7 cm³/mol. The van der Waals surface area contributed by atoms with E-state index in [1.165, 1.54) is 24.8 Å². The Hall–Kier alpha value is -0.340. The summed E-state index contributed by atoms with van der Waals surface area (Å²) in [4.78, 5) is 0. The van der Waals surface area contributed by atoms with Crippen molar-refractivity contribution >= 4 is 0 Å². The number of allylic oxidation sites excluding steroid dienone is 1. The molecule has 2 heteroatoms. The molecule has 1 N–H and O–H groups in total. The minimum absolute atomic E-state index is 0.460. The zero-order valence-corrected chi connectivity index (χ0v) is 9.67. The summed E-state index contributed by atoms with van der Waals surface area (Å²) in [5.74, 6) is 0.460. The van der Waals surface area contributed by atoms with Gasteiger partial charge in [0, 0.05) is 7.11 Å². The molecule has 2 rings (SSSR count). The van der Waals surface area contributed by atoms with Gasteiger partial charge in [0.2, 0.25) is 0 Å². The first-order chi connectivity index (χ1) is 7.27. The van der Waals surface area contributed by atoms with Gasteiger partial charge in [0.25, 0.3) is 0 Å². The minimum Gasteiger partial charge on any atom is -0.383 e. The molecular weight excluding hydrogens is 188 g/mol. The largest absolute Gasteiger partial charge is 0.383 e. The van der Waals surface area contributed by atoms with Crippen molar-refractivity contribution < 1.29 is 9.84 Å². The number of methoxy groups -OCH3 is 1. The van der Waals surface area contributed by atoms with Gasteiger partial charge in [-0.1, -0.05) is 12.5 Å². The summed E-state index contributed by atoms with van der Waals surface area (Å²) in [6, 6.07) is 0. The molecule has 0 aromatic rings. The van der Waals surface area contributed by atoms with Gasteiger partial charge in [-0.25, -0.2) is 0 Å². The van der Waals surface area contributed by atoms with E-state index < -0.39 is 5.60 Å². The van der Waals surface area contributed by atoms with Crippen LogP contribution in [0.15, 0.2) is 11.6 Å². The molecule has 1 unspecified atom stereocenters. The maximum Gasteiger partial charge on any atom is 0.112 e. The van der Waals surface area contributed by atoms with Gasteiger partial charge in [-0.3, -0.25) is 0 Å². The van der Waals surface area contributed by atoms with Crippen LogP contribution in [0, 0.1) is 5.92 Å². The average Bonchev–Trinajstić information content (AvgIpc) is 3.06. The van der Waals surface area contributed by atoms with E-state index in [0.717, 1.165) is 25.7 Å². The highest BCUT2D eigenvalue weighted by atomic mass is 16.5. The first-order valence-electron chi connectivity index (χ1n) is 6.18. The van der Waals surface area contributed by atoms with Gasteiger partial charge < -0.3 is 9.84 Å². The van der Waals surface area contributed by atoms with Crippen molar-refractivity contribution in [2.24, 2.45) is 5.92 Å². The van der Waals surface area contributed by atoms with Crippen LogP contribution in [-0.2, 0) is 4.74 Å². The Morgan fingerprint density at radius 3 is 2.87 bits per heavy atom. The molecule has 0 aliphatic heterocycles. The van der Waals surface area contributed by atoms with Crippen LogP contribution in [-0.4, -0.2) is 24.4 Å². The molecule has 0 amide bonds. The molecule has 0 aromatic heterocycles. The van der Waals surface area contributed by atoms with E-state index >= 15 is 0 Å². The van der Waals surface area contributed by atoms with Crippen LogP contribution in [0.25, 0.3) is 0 Å². The second-order valence-corrected chi connectivity index (χ2v) is 4.96. The molecule has 2 aliphatic carbocycles. The summed E-state index contributed by atoms with van der Waals surface area (Å²) in [6.45, 7) is 0.476. The Morgan fingerprint density at radius 1 is 1.40 bits per heavy atom. The number of hydrogen-bond acceptors (Lipinski definition) is 2. The van der Waals surface area contributed by atoms with Crippen molar-refractivity contribution in [3.8, 4) is 0 Å². The van der Waals surface area contributed by atoms with Gasteiger partial charge in [-0.05, 0) is 50.0 Å². The Kier molecular flexibility index (Phi) is 3.47. The Labute approximate surface area is 92.3 Å². The lowest BCUT2D eigenvalue weighted by atomic mass is 9.86. The van der Waals surface area contributed by atoms with E-state index in [1.54, 1.807) is 7.11 Å². The van der Waals surface area contributed by atoms with Gasteiger partial charge in [0.1, 0.15) is 5.60 Å². The Bertz CT molecular complexity index is 243. The molecule has 0 heterocycles. The third kappa shape index (κ3) is 2.43. The fourth-order valence-corrected chi connectivity index (χ4v) is 2.66. The molecule has 1 saturated carbocycles. The third-order valence-corrected chi connectivity index (χ3v) is 3.71. The van der Waals surface area contributed by atoms with Crippen molar-refractivity contribution in [3.05, 3.63) is 11.6 Å². The fraction of sp³-hybridized carbons (Fsp3) is 0.846. The van der Waals surface area contributed by atoms with Crippen LogP contribution in [0.2, 0.25) is 0 Å². The van der Waals surface area contributed by atoms with E-state index in [2.05, 4.69) is 6.08 Å². The Morgan fingerprint density at radius 2 is 2.20 bits per heavy atom. The van der Waals surface area contributed by atoms with Crippen LogP contribution in [0.5, 0.6) is 0 Å². The first-order valence-corrected chi connectivity index (χ1v) is 6.18. The van der Waals surface area contributed by atoms with Crippen molar-refractivity contribution in [3.63, 3.8) is 0 Å². The molecule has 1 fully saturated rings. The highest BCUT2D eigenvalue weighted by Crippen LogP contribution is 2.45. The van der Waals surface area contributed by atoms with Gasteiger partial charge in [0.15, 0.2) is 0 Å². The number of hydrogen-bond donors (Lipinski definition) is 1. The monoisotopic (exact) mass is 210 g/mol. The maximum absolute atomic E-state index is 10.7. The van der Waals surface area contributed by atoms with E-state index in [4.69, 9.17) is 4.74 Å². The summed E-state index contributed by atoms with van der Waals surface area (Å²) in [7, 11) is 1.69. The van der Waals surface area contributed by atoms with Crippen LogP contribution < -0.4 is 0 Å². The lowest BCUT2D eigenvalue weighted by Crippen LogP contribution is -2.39. The van der Waals surface area contributed by atoms with Gasteiger partial charge in [0.05, 0.1) is 6.61 Å². The molecule has 86 valence electrons. The molecule has 15 heavy (non-hydrogen) atoms. The fourth-order valence-electron chi connectivity index (χ4n) is 2.66. The van der Waals surface area contributed by atoms with E-state index in [0.29, 0.717) is 12.5 Å². The number of rotatable bonds is 4. The SMILES string of the molecule is COCC(O)(C1=CCCCCC1)C1CC1. The highest BCUT2D eigenvalue weighted by Gasteiger charge is 2.46. The molecule has 2 aliphatic rings. The highest BCUT2D eigenvalue weighted by molar-refractivity contribution is 5.22. The molecule has 1 atom stereocenters. The van der Waals surface area contributed by atoms with Crippen LogP contribution >= 0.6 is 0 Å². The average molecular weight is 210 g/mol. The number of aliphatic hydroxyl groups is 1. The standard InChI is InChI=1S/C13H22O2/c1-15-10-13(14,12-8-9-12)11-6-4-2-3-5-7-11/h6,12,14H,2-5,7-10H2,1H3. The number of ether oxygens (including phenoxy) is 1. The summed E-state index contributed by atoms with van der Waals surface area (Å²) in [5.41, 5.74) is 0.614. The van der Waals surface area contributed by atoms with Crippen LogP contribution in [0.1, 0.15) is 44.9 Å². The molecule has 0 radical (unpaired) electrons. The van der Waals surface area contributed by atoms with Gasteiger partial charge >= 0.3 is 0 Å². The van der Waals surface area contributed by atoms with E-state index in [9.17, 15) is 5.11 Å². The van der Waals surface area contributed by atoms with Crippen LogP contribution in [0.3, 0.4) is 0 Å². The maximum atomic E-state index is 10.7. The van der Waals surface area contributed by atoms with Gasteiger partial charge in [-0.15, -0.1) is 0 Å². The van der Waals surface area contributed by atoms with Crippen molar-refractivity contribution in [2.75, 3.05) is 13.7 Å². The second kappa shape index (κ2) is 4.67. The topological polar surface area (TPSA) is 29.5 Å². The van der Waals surface area contributed by atoms with E-state index in [-0.39, 0.29) is 0 Å².